The first-order valence-corrected chi connectivity index (χ1v) is 13.1. The van der Waals surface area contributed by atoms with Gasteiger partial charge in [0.2, 0.25) is 0 Å². The smallest absolute Gasteiger partial charge is 0.410 e. The number of carboxylic acid groups (broad SMARTS) is 1. The summed E-state index contributed by atoms with van der Waals surface area (Å²) >= 11 is 0. The highest BCUT2D eigenvalue weighted by Crippen LogP contribution is 2.34. The van der Waals surface area contributed by atoms with E-state index in [1.54, 1.807) is 33.5 Å². The van der Waals surface area contributed by atoms with E-state index in [1.165, 1.54) is 12.8 Å². The molecule has 1 heterocycles. The van der Waals surface area contributed by atoms with Crippen LogP contribution >= 0.6 is 0 Å². The van der Waals surface area contributed by atoms with Gasteiger partial charge in [-0.1, -0.05) is 37.8 Å². The summed E-state index contributed by atoms with van der Waals surface area (Å²) in [4.78, 5) is 26.3. The summed E-state index contributed by atoms with van der Waals surface area (Å²) in [6.07, 6.45) is 4.86. The van der Waals surface area contributed by atoms with Crippen LogP contribution < -0.4 is 0 Å². The predicted octanol–water partition coefficient (Wildman–Crippen LogP) is 3.98. The number of carbonyl (C=O) groups excluding carboxylic acids is 1. The molecular weight excluding hydrogens is 428 g/mol. The Morgan fingerprint density at radius 1 is 1.12 bits per heavy atom. The molecule has 0 spiro atoms. The number of hydrogen-bond donors (Lipinski definition) is 1. The first-order chi connectivity index (χ1) is 15.0. The van der Waals surface area contributed by atoms with Crippen LogP contribution in [0.15, 0.2) is 29.2 Å². The van der Waals surface area contributed by atoms with Crippen LogP contribution in [0.3, 0.4) is 0 Å². The van der Waals surface area contributed by atoms with Crippen LogP contribution in [0.25, 0.3) is 0 Å². The topological polar surface area (TPSA) is 87.2 Å². The van der Waals surface area contributed by atoms with Crippen molar-refractivity contribution < 1.29 is 23.6 Å². The maximum atomic E-state index is 13.5. The first-order valence-electron chi connectivity index (χ1n) is 11.4. The highest BCUT2D eigenvalue weighted by Gasteiger charge is 2.30. The van der Waals surface area contributed by atoms with E-state index in [9.17, 15) is 18.9 Å². The number of rotatable bonds is 6. The van der Waals surface area contributed by atoms with E-state index < -0.39 is 27.2 Å². The maximum absolute atomic E-state index is 13.5. The van der Waals surface area contributed by atoms with Gasteiger partial charge in [0.25, 0.3) is 0 Å². The van der Waals surface area contributed by atoms with E-state index in [0.717, 1.165) is 18.4 Å². The van der Waals surface area contributed by atoms with Crippen molar-refractivity contribution in [1.82, 2.24) is 9.21 Å². The molecule has 2 fully saturated rings. The summed E-state index contributed by atoms with van der Waals surface area (Å²) in [5.74, 6) is 3.11. The van der Waals surface area contributed by atoms with Crippen LogP contribution in [0.1, 0.15) is 64.4 Å². The van der Waals surface area contributed by atoms with Crippen molar-refractivity contribution in [2.45, 2.75) is 69.3 Å². The van der Waals surface area contributed by atoms with Crippen molar-refractivity contribution in [3.05, 3.63) is 29.8 Å². The lowest BCUT2D eigenvalue weighted by molar-refractivity contribution is -0.139. The zero-order chi connectivity index (χ0) is 23.5. The number of nitrogens with zero attached hydrogens (tertiary/aromatic N) is 2. The van der Waals surface area contributed by atoms with Crippen molar-refractivity contribution in [2.24, 2.45) is 5.92 Å². The molecule has 1 aliphatic heterocycles. The molecule has 1 N–H and O–H groups in total. The summed E-state index contributed by atoms with van der Waals surface area (Å²) in [7, 11) is -2.72. The minimum atomic E-state index is -2.72. The minimum absolute atomic E-state index is 0.362. The van der Waals surface area contributed by atoms with Gasteiger partial charge in [0, 0.05) is 31.1 Å². The number of carbonyl (C=O) groups is 2. The standard InChI is InChI=1S/C24H36N2O5S/c1-24(2,3)31-23(29)25-13-15-26(16-14-25)32(4,30)20-11-9-19(10-12-20)21(22(27)28)17-18-7-5-6-8-18/h9-12,18,21H,4-8,13-17H2,1-3H3,(H,27,28). The molecule has 178 valence electrons. The van der Waals surface area contributed by atoms with Crippen LogP contribution in [0.2, 0.25) is 0 Å². The second kappa shape index (κ2) is 9.83. The summed E-state index contributed by atoms with van der Waals surface area (Å²) in [6, 6.07) is 7.06. The predicted molar refractivity (Wildman–Crippen MR) is 126 cm³/mol. The quantitative estimate of drug-likeness (QED) is 0.644. The number of amides is 1. The number of piperazine rings is 1. The minimum Gasteiger partial charge on any atom is -0.481 e. The summed E-state index contributed by atoms with van der Waals surface area (Å²) in [5.41, 5.74) is 0.194. The first kappa shape index (κ1) is 24.6. The van der Waals surface area contributed by atoms with E-state index in [1.807, 2.05) is 20.8 Å². The Morgan fingerprint density at radius 2 is 1.69 bits per heavy atom. The molecule has 1 saturated heterocycles. The Bertz CT molecular complexity index is 907. The third-order valence-corrected chi connectivity index (χ3v) is 8.51. The third-order valence-electron chi connectivity index (χ3n) is 6.30. The largest absolute Gasteiger partial charge is 0.481 e. The summed E-state index contributed by atoms with van der Waals surface area (Å²) < 4.78 is 20.7. The van der Waals surface area contributed by atoms with Crippen molar-refractivity contribution in [3.8, 4) is 0 Å². The maximum Gasteiger partial charge on any atom is 0.410 e. The molecule has 1 aromatic carbocycles. The SMILES string of the molecule is C=S(=O)(c1ccc(C(CC2CCCC2)C(=O)O)cc1)N1CCN(C(=O)OC(C)(C)C)CC1. The fourth-order valence-corrected chi connectivity index (χ4v) is 6.13. The lowest BCUT2D eigenvalue weighted by Crippen LogP contribution is -2.51. The molecule has 0 bridgehead atoms. The number of benzene rings is 1. The van der Waals surface area contributed by atoms with Gasteiger partial charge in [-0.3, -0.25) is 4.79 Å². The third kappa shape index (κ3) is 6.04. The average molecular weight is 465 g/mol. The second-order valence-corrected chi connectivity index (χ2v) is 12.2. The molecule has 1 aliphatic carbocycles. The molecule has 3 rings (SSSR count). The molecule has 2 unspecified atom stereocenters. The van der Waals surface area contributed by atoms with Gasteiger partial charge in [0.1, 0.15) is 5.60 Å². The van der Waals surface area contributed by atoms with E-state index >= 15 is 0 Å². The van der Waals surface area contributed by atoms with Crippen molar-refractivity contribution >= 4 is 27.6 Å². The van der Waals surface area contributed by atoms with Crippen molar-refractivity contribution in [2.75, 3.05) is 26.2 Å². The average Bonchev–Trinajstić information content (AvgIpc) is 3.24. The molecule has 1 amide bonds. The van der Waals surface area contributed by atoms with Crippen molar-refractivity contribution in [1.29, 1.82) is 0 Å². The van der Waals surface area contributed by atoms with Crippen LogP contribution in [-0.2, 0) is 19.2 Å². The Hall–Kier alpha value is -2.06. The van der Waals surface area contributed by atoms with Crippen LogP contribution in [0.5, 0.6) is 0 Å². The lowest BCUT2D eigenvalue weighted by atomic mass is 9.88. The zero-order valence-corrected chi connectivity index (χ0v) is 20.2. The van der Waals surface area contributed by atoms with E-state index in [2.05, 4.69) is 5.87 Å². The van der Waals surface area contributed by atoms with Gasteiger partial charge < -0.3 is 14.7 Å². The zero-order valence-electron chi connectivity index (χ0n) is 19.4. The fourth-order valence-electron chi connectivity index (χ4n) is 4.51. The molecule has 0 aromatic heterocycles. The highest BCUT2D eigenvalue weighted by molar-refractivity contribution is 7.98. The van der Waals surface area contributed by atoms with E-state index in [4.69, 9.17) is 4.74 Å². The number of ether oxygens (including phenoxy) is 1. The number of carboxylic acids is 1. The Kier molecular flexibility index (Phi) is 7.55. The molecule has 7 nitrogen and oxygen atoms in total. The van der Waals surface area contributed by atoms with Gasteiger partial charge in [-0.2, -0.15) is 0 Å². The number of hydrogen-bond acceptors (Lipinski definition) is 4. The summed E-state index contributed by atoms with van der Waals surface area (Å²) in [6.45, 7) is 7.19. The fraction of sp³-hybridized carbons (Fsp3) is 0.625. The van der Waals surface area contributed by atoms with Crippen LogP contribution in [0.4, 0.5) is 4.79 Å². The van der Waals surface area contributed by atoms with E-state index in [-0.39, 0.29) is 6.09 Å². The molecule has 32 heavy (non-hydrogen) atoms. The van der Waals surface area contributed by atoms with Gasteiger partial charge in [-0.05, 0) is 56.7 Å². The van der Waals surface area contributed by atoms with Crippen molar-refractivity contribution in [3.63, 3.8) is 0 Å². The molecular formula is C24H36N2O5S. The van der Waals surface area contributed by atoms with Gasteiger partial charge in [-0.25, -0.2) is 13.3 Å². The second-order valence-electron chi connectivity index (χ2n) is 9.88. The molecule has 8 heteroatoms. The Morgan fingerprint density at radius 3 is 2.19 bits per heavy atom. The van der Waals surface area contributed by atoms with Crippen LogP contribution in [-0.4, -0.2) is 68.2 Å². The van der Waals surface area contributed by atoms with Gasteiger partial charge in [-0.15, -0.1) is 0 Å². The molecule has 1 aromatic rings. The summed E-state index contributed by atoms with van der Waals surface area (Å²) in [5, 5.41) is 9.74. The van der Waals surface area contributed by atoms with Gasteiger partial charge in [0.15, 0.2) is 0 Å². The molecule has 0 radical (unpaired) electrons. The Labute approximate surface area is 191 Å². The Balaban J connectivity index is 1.64. The highest BCUT2D eigenvalue weighted by atomic mass is 32.2. The molecule has 2 atom stereocenters. The van der Waals surface area contributed by atoms with Crippen LogP contribution in [0, 0.1) is 5.92 Å². The normalized spacial score (nSPS) is 21.2. The molecule has 2 aliphatic rings. The monoisotopic (exact) mass is 464 g/mol. The van der Waals surface area contributed by atoms with E-state index in [0.29, 0.717) is 43.4 Å². The van der Waals surface area contributed by atoms with Gasteiger partial charge >= 0.3 is 12.1 Å². The molecule has 1 saturated carbocycles. The lowest BCUT2D eigenvalue weighted by Gasteiger charge is -2.36. The van der Waals surface area contributed by atoms with Gasteiger partial charge in [0.05, 0.1) is 15.6 Å². The number of aliphatic carboxylic acids is 1.